The van der Waals surface area contributed by atoms with Crippen molar-refractivity contribution in [1.29, 1.82) is 0 Å². The highest BCUT2D eigenvalue weighted by Crippen LogP contribution is 2.52. The van der Waals surface area contributed by atoms with E-state index in [-0.39, 0.29) is 50.7 Å². The highest BCUT2D eigenvalue weighted by molar-refractivity contribution is 7.49. The smallest absolute Gasteiger partial charge is 0.462 e. The molecule has 3 aromatic rings. The third-order valence-electron chi connectivity index (χ3n) is 17.3. The summed E-state index contributed by atoms with van der Waals surface area (Å²) < 4.78 is 80.0. The lowest BCUT2D eigenvalue weighted by Crippen LogP contribution is -2.67. The van der Waals surface area contributed by atoms with Gasteiger partial charge in [0.2, 0.25) is 5.91 Å². The van der Waals surface area contributed by atoms with Crippen molar-refractivity contribution in [3.63, 3.8) is 0 Å². The summed E-state index contributed by atoms with van der Waals surface area (Å²) in [4.78, 5) is 60.1. The van der Waals surface area contributed by atoms with Gasteiger partial charge in [-0.05, 0) is 75.7 Å². The Balaban J connectivity index is 1.82. The van der Waals surface area contributed by atoms with Gasteiger partial charge in [-0.3, -0.25) is 23.8 Å². The van der Waals surface area contributed by atoms with E-state index in [1.165, 1.54) is 103 Å². The average molecular weight is 1380 g/mol. The van der Waals surface area contributed by atoms with Gasteiger partial charge in [0.05, 0.1) is 25.7 Å². The van der Waals surface area contributed by atoms with Crippen LogP contribution in [0.1, 0.15) is 245 Å². The van der Waals surface area contributed by atoms with Gasteiger partial charge in [0.1, 0.15) is 43.1 Å². The van der Waals surface area contributed by atoms with E-state index in [0.29, 0.717) is 25.9 Å². The molecule has 96 heavy (non-hydrogen) atoms. The van der Waals surface area contributed by atoms with Gasteiger partial charge in [-0.1, -0.05) is 287 Å². The topological polar surface area (TPSA) is 193 Å². The maximum absolute atomic E-state index is 15.8. The number of para-hydroxylation sites is 2. The number of phosphoric ester groups is 1. The summed E-state index contributed by atoms with van der Waals surface area (Å²) >= 11 is 0. The van der Waals surface area contributed by atoms with Gasteiger partial charge in [0.15, 0.2) is 18.5 Å². The monoisotopic (exact) mass is 1380 g/mol. The van der Waals surface area contributed by atoms with Crippen molar-refractivity contribution in [2.24, 2.45) is 0 Å². The fourth-order valence-corrected chi connectivity index (χ4v) is 13.8. The highest BCUT2D eigenvalue weighted by atomic mass is 31.2. The molecule has 1 aliphatic rings. The molecule has 1 saturated heterocycles. The van der Waals surface area contributed by atoms with E-state index in [0.717, 1.165) is 88.7 Å². The fraction of sp³-hybridized carbons (Fsp3) is 0.714. The van der Waals surface area contributed by atoms with Crippen LogP contribution >= 0.6 is 7.82 Å². The summed E-state index contributed by atoms with van der Waals surface area (Å²) in [6.07, 6.45) is 25.3. The zero-order valence-electron chi connectivity index (χ0n) is 60.5. The van der Waals surface area contributed by atoms with Crippen LogP contribution in [0.3, 0.4) is 0 Å². The molecule has 1 aliphatic heterocycles. The Hall–Kier alpha value is -4.65. The number of likely N-dealkylation sites (N-methyl/N-ethyl adjacent to an activating group) is 1. The van der Waals surface area contributed by atoms with Crippen LogP contribution in [0.4, 0.5) is 0 Å². The van der Waals surface area contributed by atoms with Crippen molar-refractivity contribution in [1.82, 2.24) is 10.2 Å². The Bertz CT molecular complexity index is 2470. The van der Waals surface area contributed by atoms with Gasteiger partial charge in [0, 0.05) is 21.1 Å². The van der Waals surface area contributed by atoms with Crippen LogP contribution in [0.2, 0.25) is 25.7 Å². The molecule has 0 bridgehead atoms. The lowest BCUT2D eigenvalue weighted by molar-refractivity contribution is -0.276. The number of hydrogen-bond donors (Lipinski definition) is 1. The first kappa shape index (κ1) is 83.8. The van der Waals surface area contributed by atoms with Crippen LogP contribution in [0.15, 0.2) is 91.0 Å². The minimum Gasteiger partial charge on any atom is -0.462 e. The molecule has 4 rings (SSSR count). The Labute approximate surface area is 580 Å². The molecule has 19 heteroatoms. The highest BCUT2D eigenvalue weighted by Gasteiger charge is 2.55. The van der Waals surface area contributed by atoms with Gasteiger partial charge < -0.3 is 47.5 Å². The van der Waals surface area contributed by atoms with Crippen LogP contribution < -0.4 is 14.4 Å². The number of ether oxygens (including phenoxy) is 7. The standard InChI is InChI=1S/C77H127N2O15PSi/c1-9-12-15-18-21-24-26-29-32-35-47-56-71(81)89-68(55-46-34-31-28-25-22-19-16-13-10-2)76(83)91-75-73(78-70(80)59-67(88-63-85-57-58-96(6,7)8)54-41-33-30-27-23-20-17-14-11-3)77(87-61-64-48-39-36-40-49-64)90-69(62-86-72(82)60-79(4)5)74(75)94-95(84,92-65-50-42-37-43-51-65)93-66-52-44-38-45-53-66/h36-40,42-45,48-53,67-69,73-75,77H,9-35,41,46-47,54-63H2,1-8H3,(H,78,80)/t67-,68?,69-,73-,74-,75-,77-/m1/s1. The van der Waals surface area contributed by atoms with Crippen LogP contribution in [-0.4, -0.2) is 120 Å². The van der Waals surface area contributed by atoms with Crippen molar-refractivity contribution >= 4 is 39.7 Å². The van der Waals surface area contributed by atoms with E-state index in [4.69, 9.17) is 46.7 Å². The van der Waals surface area contributed by atoms with E-state index < -0.39 is 89.2 Å². The first-order chi connectivity index (χ1) is 46.5. The number of esters is 3. The maximum Gasteiger partial charge on any atom is 0.588 e. The molecule has 3 aromatic carbocycles. The SMILES string of the molecule is CCCCCCCCCCCCCC(=O)OC(CCCCCCCCCCCC)C(=O)O[C@@H]1[C@@H](NC(=O)C[C@@H](CCCCCCCCCCC)OCOCC[Si](C)(C)C)[C@H](OCc2ccccc2)O[C@H](COC(=O)CN(C)C)[C@H]1OP(=O)(Oc1ccccc1)Oc1ccccc1. The van der Waals surface area contributed by atoms with E-state index in [1.807, 2.05) is 30.3 Å². The summed E-state index contributed by atoms with van der Waals surface area (Å²) in [5, 5.41) is 3.15. The summed E-state index contributed by atoms with van der Waals surface area (Å²) in [6.45, 7) is 13.4. The molecular weight excluding hydrogens is 1250 g/mol. The van der Waals surface area contributed by atoms with E-state index in [1.54, 1.807) is 79.7 Å². The minimum atomic E-state index is -4.95. The molecule has 1 unspecified atom stereocenters. The number of carbonyl (C=O) groups excluding carboxylic acids is 4. The van der Waals surface area contributed by atoms with Gasteiger partial charge in [0.25, 0.3) is 0 Å². The molecule has 1 amide bonds. The Morgan fingerprint density at radius 2 is 1.05 bits per heavy atom. The molecule has 544 valence electrons. The molecule has 0 aromatic heterocycles. The van der Waals surface area contributed by atoms with Crippen molar-refractivity contribution in [2.45, 2.75) is 314 Å². The van der Waals surface area contributed by atoms with E-state index >= 15 is 14.2 Å². The first-order valence-corrected chi connectivity index (χ1v) is 42.5. The van der Waals surface area contributed by atoms with Gasteiger partial charge in [-0.15, -0.1) is 0 Å². The molecule has 0 spiro atoms. The lowest BCUT2D eigenvalue weighted by atomic mass is 9.95. The Kier molecular flexibility index (Phi) is 44.9. The number of rotatable bonds is 58. The number of amides is 1. The average Bonchev–Trinajstić information content (AvgIpc) is 0.772. The zero-order chi connectivity index (χ0) is 69.3. The maximum atomic E-state index is 15.8. The Morgan fingerprint density at radius 3 is 1.54 bits per heavy atom. The summed E-state index contributed by atoms with van der Waals surface area (Å²) in [6, 6.07) is 25.6. The van der Waals surface area contributed by atoms with Crippen molar-refractivity contribution in [3.8, 4) is 11.5 Å². The Morgan fingerprint density at radius 1 is 0.583 bits per heavy atom. The summed E-state index contributed by atoms with van der Waals surface area (Å²) in [5.74, 6) is -2.34. The van der Waals surface area contributed by atoms with Crippen LogP contribution in [-0.2, 0) is 68.0 Å². The van der Waals surface area contributed by atoms with Crippen LogP contribution in [0.25, 0.3) is 0 Å². The predicted molar refractivity (Wildman–Crippen MR) is 386 cm³/mol. The zero-order valence-corrected chi connectivity index (χ0v) is 62.4. The van der Waals surface area contributed by atoms with Crippen LogP contribution in [0, 0.1) is 0 Å². The minimum absolute atomic E-state index is 0.00386. The van der Waals surface area contributed by atoms with Crippen molar-refractivity contribution in [3.05, 3.63) is 96.6 Å². The second-order valence-corrected chi connectivity index (χ2v) is 34.9. The second-order valence-electron chi connectivity index (χ2n) is 27.8. The normalized spacial score (nSPS) is 17.2. The van der Waals surface area contributed by atoms with E-state index in [9.17, 15) is 9.59 Å². The first-order valence-electron chi connectivity index (χ1n) is 37.3. The fourth-order valence-electron chi connectivity index (χ4n) is 11.6. The number of carbonyl (C=O) groups is 4. The number of unbranched alkanes of at least 4 members (excludes halogenated alkanes) is 27. The molecule has 0 radical (unpaired) electrons. The summed E-state index contributed by atoms with van der Waals surface area (Å²) in [7, 11) is -2.92. The van der Waals surface area contributed by atoms with Gasteiger partial charge in [-0.25, -0.2) is 9.36 Å². The molecule has 7 atom stereocenters. The van der Waals surface area contributed by atoms with E-state index in [2.05, 4.69) is 45.7 Å². The molecule has 1 N–H and O–H groups in total. The quantitative estimate of drug-likeness (QED) is 0.0140. The van der Waals surface area contributed by atoms with Gasteiger partial charge in [-0.2, -0.15) is 0 Å². The second kappa shape index (κ2) is 51.5. The van der Waals surface area contributed by atoms with Crippen LogP contribution in [0.5, 0.6) is 11.5 Å². The molecule has 17 nitrogen and oxygen atoms in total. The third kappa shape index (κ3) is 39.2. The van der Waals surface area contributed by atoms with Crippen molar-refractivity contribution < 1.29 is 70.5 Å². The largest absolute Gasteiger partial charge is 0.588 e. The number of phosphoric acid groups is 1. The molecule has 0 aliphatic carbocycles. The number of benzene rings is 3. The lowest BCUT2D eigenvalue weighted by Gasteiger charge is -2.46. The molecule has 1 heterocycles. The van der Waals surface area contributed by atoms with Crippen molar-refractivity contribution in [2.75, 3.05) is 40.6 Å². The van der Waals surface area contributed by atoms with Gasteiger partial charge >= 0.3 is 25.7 Å². The summed E-state index contributed by atoms with van der Waals surface area (Å²) in [5.41, 5.74) is 0.758. The predicted octanol–water partition coefficient (Wildman–Crippen LogP) is 19.0. The molecular formula is C77H127N2O15PSi. The number of nitrogens with zero attached hydrogens (tertiary/aromatic N) is 1. The third-order valence-corrected chi connectivity index (χ3v) is 20.4. The number of nitrogens with one attached hydrogen (secondary N) is 1. The number of hydrogen-bond acceptors (Lipinski definition) is 16. The molecule has 1 fully saturated rings. The molecule has 0 saturated carbocycles.